The molecular formula is C18H18F14O7S. The normalized spacial score (nSPS) is 20.8. The van der Waals surface area contributed by atoms with E-state index in [9.17, 15) is 79.8 Å². The van der Waals surface area contributed by atoms with Crippen molar-refractivity contribution in [3.63, 3.8) is 0 Å². The van der Waals surface area contributed by atoms with Gasteiger partial charge in [-0.3, -0.25) is 4.55 Å². The van der Waals surface area contributed by atoms with Gasteiger partial charge in [0.15, 0.2) is 0 Å². The van der Waals surface area contributed by atoms with Gasteiger partial charge in [0, 0.05) is 11.8 Å². The lowest BCUT2D eigenvalue weighted by molar-refractivity contribution is -0.398. The standard InChI is InChI=1S/C18H18F14O7S/c1-8(6-38-7-12(19,20)40(35,36)37)11(33)39-14(17(27,28)29,18(30,31)32)10-4-2-9(3-5-10)13(34,15(21,22)23)16(24,25)26/h9-10,34H,1-7H2,(H,35,36,37). The summed E-state index contributed by atoms with van der Waals surface area (Å²) in [6.45, 7) is -1.28. The molecule has 0 aromatic heterocycles. The summed E-state index contributed by atoms with van der Waals surface area (Å²) in [5.74, 6) is -8.60. The predicted molar refractivity (Wildman–Crippen MR) is 99.9 cm³/mol. The second-order valence-electron chi connectivity index (χ2n) is 8.64. The Bertz CT molecular complexity index is 1010. The quantitative estimate of drug-likeness (QED) is 0.156. The lowest BCUT2D eigenvalue weighted by Gasteiger charge is -2.47. The summed E-state index contributed by atoms with van der Waals surface area (Å²) in [4.78, 5) is 12.0. The Morgan fingerprint density at radius 3 is 1.45 bits per heavy atom. The topological polar surface area (TPSA) is 110 Å². The number of carbonyl (C=O) groups is 1. The van der Waals surface area contributed by atoms with Gasteiger partial charge in [0.2, 0.25) is 0 Å². The summed E-state index contributed by atoms with van der Waals surface area (Å²) in [6.07, 6.45) is -32.9. The Balaban J connectivity index is 3.30. The molecule has 22 heteroatoms. The van der Waals surface area contributed by atoms with Crippen LogP contribution in [0.1, 0.15) is 25.7 Å². The van der Waals surface area contributed by atoms with E-state index in [2.05, 4.69) is 16.1 Å². The van der Waals surface area contributed by atoms with Gasteiger partial charge in [-0.25, -0.2) is 4.79 Å². The summed E-state index contributed by atoms with van der Waals surface area (Å²) in [6, 6.07) is 0. The van der Waals surface area contributed by atoms with Crippen LogP contribution < -0.4 is 0 Å². The Morgan fingerprint density at radius 1 is 0.750 bits per heavy atom. The first-order chi connectivity index (χ1) is 17.5. The van der Waals surface area contributed by atoms with E-state index in [1.165, 1.54) is 0 Å². The van der Waals surface area contributed by atoms with Crippen molar-refractivity contribution in [3.8, 4) is 0 Å². The third kappa shape index (κ3) is 6.75. The highest BCUT2D eigenvalue weighted by molar-refractivity contribution is 7.86. The molecule has 0 heterocycles. The third-order valence-corrected chi connectivity index (χ3v) is 6.94. The molecule has 0 aliphatic heterocycles. The summed E-state index contributed by atoms with van der Waals surface area (Å²) < 4.78 is 225. The van der Waals surface area contributed by atoms with E-state index in [4.69, 9.17) is 4.55 Å². The minimum atomic E-state index is -6.61. The van der Waals surface area contributed by atoms with Crippen LogP contribution in [0.4, 0.5) is 61.5 Å². The minimum Gasteiger partial charge on any atom is -0.436 e. The summed E-state index contributed by atoms with van der Waals surface area (Å²) in [5, 5.41) is 4.38. The molecule has 1 aliphatic rings. The van der Waals surface area contributed by atoms with Crippen molar-refractivity contribution in [2.24, 2.45) is 11.8 Å². The fraction of sp³-hybridized carbons (Fsp3) is 0.833. The van der Waals surface area contributed by atoms with Crippen molar-refractivity contribution in [3.05, 3.63) is 12.2 Å². The molecule has 2 N–H and O–H groups in total. The lowest BCUT2D eigenvalue weighted by atomic mass is 9.67. The van der Waals surface area contributed by atoms with Gasteiger partial charge in [0.05, 0.1) is 12.2 Å². The molecule has 0 bridgehead atoms. The molecule has 0 saturated heterocycles. The van der Waals surface area contributed by atoms with Crippen molar-refractivity contribution < 1.29 is 93.8 Å². The second kappa shape index (κ2) is 11.0. The van der Waals surface area contributed by atoms with E-state index >= 15 is 0 Å². The molecule has 0 radical (unpaired) electrons. The molecule has 0 spiro atoms. The van der Waals surface area contributed by atoms with Gasteiger partial charge in [-0.2, -0.15) is 69.9 Å². The molecule has 236 valence electrons. The zero-order valence-electron chi connectivity index (χ0n) is 19.2. The van der Waals surface area contributed by atoms with Crippen LogP contribution in [0, 0.1) is 11.8 Å². The highest BCUT2D eigenvalue weighted by Crippen LogP contribution is 2.58. The first-order valence-corrected chi connectivity index (χ1v) is 11.7. The van der Waals surface area contributed by atoms with Crippen molar-refractivity contribution in [2.45, 2.75) is 66.8 Å². The molecule has 1 aliphatic carbocycles. The number of alkyl halides is 14. The molecule has 40 heavy (non-hydrogen) atoms. The molecule has 1 rings (SSSR count). The maximum atomic E-state index is 13.9. The number of hydrogen-bond donors (Lipinski definition) is 2. The van der Waals surface area contributed by atoms with E-state index in [1.807, 2.05) is 0 Å². The Kier molecular flexibility index (Phi) is 9.96. The van der Waals surface area contributed by atoms with Crippen LogP contribution in [0.5, 0.6) is 0 Å². The maximum absolute atomic E-state index is 13.9. The maximum Gasteiger partial charge on any atom is 0.437 e. The number of halogens is 14. The van der Waals surface area contributed by atoms with Crippen molar-refractivity contribution >= 4 is 16.1 Å². The van der Waals surface area contributed by atoms with Crippen molar-refractivity contribution in [2.75, 3.05) is 13.2 Å². The highest BCUT2D eigenvalue weighted by Gasteiger charge is 2.79. The third-order valence-electron chi connectivity index (χ3n) is 6.07. The number of esters is 1. The monoisotopic (exact) mass is 644 g/mol. The summed E-state index contributed by atoms with van der Waals surface area (Å²) in [5.41, 5.74) is -12.6. The molecule has 0 atom stereocenters. The molecule has 0 aromatic carbocycles. The largest absolute Gasteiger partial charge is 0.437 e. The Hall–Kier alpha value is -1.94. The van der Waals surface area contributed by atoms with E-state index in [0.717, 1.165) is 0 Å². The van der Waals surface area contributed by atoms with Crippen molar-refractivity contribution in [1.82, 2.24) is 0 Å². The van der Waals surface area contributed by atoms with Crippen molar-refractivity contribution in [1.29, 1.82) is 0 Å². The fourth-order valence-corrected chi connectivity index (χ4v) is 4.24. The van der Waals surface area contributed by atoms with Gasteiger partial charge >= 0.3 is 51.6 Å². The van der Waals surface area contributed by atoms with Crippen LogP contribution in [0.25, 0.3) is 0 Å². The van der Waals surface area contributed by atoms with E-state index in [1.54, 1.807) is 0 Å². The van der Waals surface area contributed by atoms with Crippen LogP contribution in [-0.4, -0.2) is 78.4 Å². The van der Waals surface area contributed by atoms with E-state index in [0.29, 0.717) is 0 Å². The SMILES string of the molecule is C=C(COCC(F)(F)S(=O)(=O)O)C(=O)OC(C1CCC(C(O)(C(F)(F)F)C(F)(F)F)CC1)(C(F)(F)F)C(F)(F)F. The smallest absolute Gasteiger partial charge is 0.436 e. The molecule has 7 nitrogen and oxygen atoms in total. The number of aliphatic hydroxyl groups is 1. The Morgan fingerprint density at radius 2 is 1.12 bits per heavy atom. The first-order valence-electron chi connectivity index (χ1n) is 10.3. The zero-order chi connectivity index (χ0) is 32.0. The minimum absolute atomic E-state index is 1.54. The zero-order valence-corrected chi connectivity index (χ0v) is 20.1. The van der Waals surface area contributed by atoms with Crippen LogP contribution in [-0.2, 0) is 24.4 Å². The van der Waals surface area contributed by atoms with E-state index in [-0.39, 0.29) is 0 Å². The Labute approximate surface area is 214 Å². The number of rotatable bonds is 9. The number of carbonyl (C=O) groups excluding carboxylic acids is 1. The predicted octanol–water partition coefficient (Wildman–Crippen LogP) is 5.11. The van der Waals surface area contributed by atoms with Crippen LogP contribution in [0.2, 0.25) is 0 Å². The fourth-order valence-electron chi connectivity index (χ4n) is 4.01. The number of hydrogen-bond acceptors (Lipinski definition) is 6. The lowest BCUT2D eigenvalue weighted by Crippen LogP contribution is -2.66. The molecule has 0 amide bonds. The summed E-state index contributed by atoms with van der Waals surface area (Å²) >= 11 is 0. The van der Waals surface area contributed by atoms with Gasteiger partial charge in [0.1, 0.15) is 6.61 Å². The van der Waals surface area contributed by atoms with Gasteiger partial charge in [-0.05, 0) is 25.7 Å². The summed E-state index contributed by atoms with van der Waals surface area (Å²) in [7, 11) is -6.10. The van der Waals surface area contributed by atoms with E-state index < -0.39 is 114 Å². The highest BCUT2D eigenvalue weighted by atomic mass is 32.2. The van der Waals surface area contributed by atoms with Gasteiger partial charge in [-0.1, -0.05) is 6.58 Å². The van der Waals surface area contributed by atoms with Gasteiger partial charge < -0.3 is 14.6 Å². The second-order valence-corrected chi connectivity index (χ2v) is 10.2. The average molecular weight is 644 g/mol. The molecule has 1 saturated carbocycles. The average Bonchev–Trinajstić information content (AvgIpc) is 2.72. The van der Waals surface area contributed by atoms with Crippen LogP contribution in [0.15, 0.2) is 12.2 Å². The first kappa shape index (κ1) is 36.1. The molecule has 0 aromatic rings. The molecule has 1 fully saturated rings. The molecular weight excluding hydrogens is 626 g/mol. The molecule has 0 unspecified atom stereocenters. The van der Waals surface area contributed by atoms with Gasteiger partial charge in [-0.15, -0.1) is 0 Å². The van der Waals surface area contributed by atoms with Crippen LogP contribution >= 0.6 is 0 Å². The van der Waals surface area contributed by atoms with Gasteiger partial charge in [0.25, 0.3) is 5.60 Å². The number of ether oxygens (including phenoxy) is 2. The van der Waals surface area contributed by atoms with Crippen LogP contribution in [0.3, 0.4) is 0 Å².